The highest BCUT2D eigenvalue weighted by molar-refractivity contribution is 5.49. The van der Waals surface area contributed by atoms with Crippen LogP contribution in [0.4, 0.5) is 5.69 Å². The summed E-state index contributed by atoms with van der Waals surface area (Å²) in [4.78, 5) is 4.29. The second-order valence-electron chi connectivity index (χ2n) is 5.60. The summed E-state index contributed by atoms with van der Waals surface area (Å²) in [6.07, 6.45) is 3.49. The number of nitrogen functional groups attached to an aromatic ring is 1. The molecule has 2 aromatic heterocycles. The highest BCUT2D eigenvalue weighted by Crippen LogP contribution is 2.26. The van der Waals surface area contributed by atoms with Gasteiger partial charge >= 0.3 is 0 Å². The van der Waals surface area contributed by atoms with Crippen molar-refractivity contribution in [3.05, 3.63) is 24.5 Å². The molecular weight excluding hydrogens is 268 g/mol. The van der Waals surface area contributed by atoms with Gasteiger partial charge in [-0.25, -0.2) is 0 Å². The van der Waals surface area contributed by atoms with Crippen LogP contribution in [0.5, 0.6) is 17.5 Å². The smallest absolute Gasteiger partial charge is 0.240 e. The Labute approximate surface area is 124 Å². The predicted molar refractivity (Wildman–Crippen MR) is 81.7 cm³/mol. The van der Waals surface area contributed by atoms with E-state index in [2.05, 4.69) is 37.8 Å². The van der Waals surface area contributed by atoms with Gasteiger partial charge in [0.2, 0.25) is 11.8 Å². The number of hydrogen-bond donors (Lipinski definition) is 1. The maximum absolute atomic E-state index is 5.85. The first-order valence-corrected chi connectivity index (χ1v) is 7.07. The van der Waals surface area contributed by atoms with Crippen LogP contribution in [-0.4, -0.2) is 21.4 Å². The summed E-state index contributed by atoms with van der Waals surface area (Å²) < 4.78 is 13.1. The van der Waals surface area contributed by atoms with Gasteiger partial charge in [0.1, 0.15) is 0 Å². The number of nitrogens with zero attached hydrogens (tertiary/aromatic N) is 3. The second-order valence-corrected chi connectivity index (χ2v) is 5.60. The lowest BCUT2D eigenvalue weighted by atomic mass is 10.2. The average Bonchev–Trinajstić information content (AvgIpc) is 2.88. The number of hydrogen-bond acceptors (Lipinski definition) is 5. The number of pyridine rings is 1. The van der Waals surface area contributed by atoms with Gasteiger partial charge in [0, 0.05) is 12.1 Å². The van der Waals surface area contributed by atoms with Gasteiger partial charge in [-0.1, -0.05) is 13.8 Å². The van der Waals surface area contributed by atoms with Crippen LogP contribution in [0.25, 0.3) is 0 Å². The minimum absolute atomic E-state index is 0.284. The molecule has 6 nitrogen and oxygen atoms in total. The van der Waals surface area contributed by atoms with Crippen molar-refractivity contribution in [3.63, 3.8) is 0 Å². The van der Waals surface area contributed by atoms with Crippen LogP contribution in [-0.2, 0) is 0 Å². The maximum Gasteiger partial charge on any atom is 0.240 e. The first-order valence-electron chi connectivity index (χ1n) is 7.07. The summed E-state index contributed by atoms with van der Waals surface area (Å²) in [5.74, 6) is 1.87. The van der Waals surface area contributed by atoms with Gasteiger partial charge in [-0.3, -0.25) is 4.68 Å². The highest BCUT2D eigenvalue weighted by Gasteiger charge is 2.09. The number of nitrogens with two attached hydrogens (primary N) is 1. The quantitative estimate of drug-likeness (QED) is 0.883. The topological polar surface area (TPSA) is 75.2 Å². The first kappa shape index (κ1) is 15.2. The third kappa shape index (κ3) is 4.11. The van der Waals surface area contributed by atoms with E-state index in [1.165, 1.54) is 0 Å². The molecule has 0 fully saturated rings. The molecule has 2 rings (SSSR count). The molecule has 0 saturated heterocycles. The normalized spacial score (nSPS) is 11.1. The molecule has 2 heterocycles. The fourth-order valence-electron chi connectivity index (χ4n) is 1.63. The zero-order chi connectivity index (χ0) is 15.4. The molecule has 0 aromatic carbocycles. The molecule has 0 spiro atoms. The minimum Gasteiger partial charge on any atom is -0.476 e. The number of ether oxygens (including phenoxy) is 2. The van der Waals surface area contributed by atoms with Gasteiger partial charge in [0.05, 0.1) is 24.7 Å². The van der Waals surface area contributed by atoms with E-state index in [1.54, 1.807) is 18.3 Å². The summed E-state index contributed by atoms with van der Waals surface area (Å²) in [6.45, 7) is 8.80. The molecule has 0 aliphatic rings. The summed E-state index contributed by atoms with van der Waals surface area (Å²) in [5.41, 5.74) is 6.35. The van der Waals surface area contributed by atoms with E-state index in [1.807, 2.05) is 10.9 Å². The second kappa shape index (κ2) is 6.47. The SMILES string of the molecule is CC(C)COc1nc(Oc2cnn(C(C)C)c2)ccc1N. The zero-order valence-corrected chi connectivity index (χ0v) is 12.9. The van der Waals surface area contributed by atoms with Crippen LogP contribution in [0.2, 0.25) is 0 Å². The Morgan fingerprint density at radius 3 is 2.62 bits per heavy atom. The molecule has 0 radical (unpaired) electrons. The third-order valence-corrected chi connectivity index (χ3v) is 2.75. The Kier molecular flexibility index (Phi) is 4.67. The van der Waals surface area contributed by atoms with E-state index in [4.69, 9.17) is 15.2 Å². The van der Waals surface area contributed by atoms with Gasteiger partial charge in [0.15, 0.2) is 5.75 Å². The molecule has 21 heavy (non-hydrogen) atoms. The van der Waals surface area contributed by atoms with E-state index >= 15 is 0 Å². The first-order chi connectivity index (χ1) is 9.95. The van der Waals surface area contributed by atoms with Gasteiger partial charge in [-0.2, -0.15) is 10.1 Å². The van der Waals surface area contributed by atoms with Gasteiger partial charge in [0.25, 0.3) is 0 Å². The summed E-state index contributed by atoms with van der Waals surface area (Å²) in [7, 11) is 0. The van der Waals surface area contributed by atoms with E-state index in [-0.39, 0.29) is 6.04 Å². The van der Waals surface area contributed by atoms with Crippen molar-refractivity contribution in [1.29, 1.82) is 0 Å². The highest BCUT2D eigenvalue weighted by atomic mass is 16.5. The molecular formula is C15H22N4O2. The van der Waals surface area contributed by atoms with Crippen molar-refractivity contribution in [2.75, 3.05) is 12.3 Å². The standard InChI is InChI=1S/C15H22N4O2/c1-10(2)9-20-15-13(16)5-6-14(18-15)21-12-7-17-19(8-12)11(3)4/h5-8,10-11H,9,16H2,1-4H3. The van der Waals surface area contributed by atoms with Gasteiger partial charge < -0.3 is 15.2 Å². The summed E-state index contributed by atoms with van der Waals surface area (Å²) >= 11 is 0. The molecule has 2 aromatic rings. The Morgan fingerprint density at radius 2 is 2.00 bits per heavy atom. The van der Waals surface area contributed by atoms with Crippen molar-refractivity contribution in [1.82, 2.24) is 14.8 Å². The summed E-state index contributed by atoms with van der Waals surface area (Å²) in [6, 6.07) is 3.72. The van der Waals surface area contributed by atoms with Crippen molar-refractivity contribution in [2.45, 2.75) is 33.7 Å². The van der Waals surface area contributed by atoms with Crippen molar-refractivity contribution < 1.29 is 9.47 Å². The molecule has 0 aliphatic heterocycles. The van der Waals surface area contributed by atoms with Gasteiger partial charge in [-0.15, -0.1) is 0 Å². The molecule has 2 N–H and O–H groups in total. The minimum atomic E-state index is 0.284. The van der Waals surface area contributed by atoms with Crippen LogP contribution in [0.1, 0.15) is 33.7 Å². The fourth-order valence-corrected chi connectivity index (χ4v) is 1.63. The summed E-state index contributed by atoms with van der Waals surface area (Å²) in [5, 5.41) is 4.22. The molecule has 0 unspecified atom stereocenters. The lowest BCUT2D eigenvalue weighted by molar-refractivity contribution is 0.260. The largest absolute Gasteiger partial charge is 0.476 e. The van der Waals surface area contributed by atoms with Crippen LogP contribution in [0, 0.1) is 5.92 Å². The number of aromatic nitrogens is 3. The van der Waals surface area contributed by atoms with Crippen molar-refractivity contribution in [2.24, 2.45) is 5.92 Å². The Hall–Kier alpha value is -2.24. The molecule has 0 amide bonds. The van der Waals surface area contributed by atoms with Crippen molar-refractivity contribution >= 4 is 5.69 Å². The van der Waals surface area contributed by atoms with E-state index in [0.717, 1.165) is 0 Å². The molecule has 0 aliphatic carbocycles. The maximum atomic E-state index is 5.85. The van der Waals surface area contributed by atoms with Crippen LogP contribution < -0.4 is 15.2 Å². The average molecular weight is 290 g/mol. The Morgan fingerprint density at radius 1 is 1.24 bits per heavy atom. The molecule has 6 heteroatoms. The number of rotatable bonds is 6. The Bertz CT molecular complexity index is 593. The lowest BCUT2D eigenvalue weighted by Gasteiger charge is -2.11. The molecule has 0 bridgehead atoms. The monoisotopic (exact) mass is 290 g/mol. The zero-order valence-electron chi connectivity index (χ0n) is 12.9. The van der Waals surface area contributed by atoms with Gasteiger partial charge in [-0.05, 0) is 25.8 Å². The van der Waals surface area contributed by atoms with Crippen LogP contribution >= 0.6 is 0 Å². The number of anilines is 1. The van der Waals surface area contributed by atoms with E-state index in [9.17, 15) is 0 Å². The third-order valence-electron chi connectivity index (χ3n) is 2.75. The molecule has 0 saturated carbocycles. The predicted octanol–water partition coefficient (Wildman–Crippen LogP) is 3.27. The van der Waals surface area contributed by atoms with E-state index in [0.29, 0.717) is 35.7 Å². The molecule has 0 atom stereocenters. The van der Waals surface area contributed by atoms with Crippen LogP contribution in [0.3, 0.4) is 0 Å². The van der Waals surface area contributed by atoms with Crippen molar-refractivity contribution in [3.8, 4) is 17.5 Å². The Balaban J connectivity index is 2.10. The lowest BCUT2D eigenvalue weighted by Crippen LogP contribution is -2.07. The molecule has 114 valence electrons. The van der Waals surface area contributed by atoms with E-state index < -0.39 is 0 Å². The fraction of sp³-hybridized carbons (Fsp3) is 0.467. The van der Waals surface area contributed by atoms with Crippen LogP contribution in [0.15, 0.2) is 24.5 Å².